The van der Waals surface area contributed by atoms with E-state index in [9.17, 15) is 9.59 Å². The Hall–Kier alpha value is -3.54. The topological polar surface area (TPSA) is 76.7 Å². The van der Waals surface area contributed by atoms with Gasteiger partial charge in [-0.3, -0.25) is 0 Å². The molecule has 2 atom stereocenters. The van der Waals surface area contributed by atoms with E-state index in [-0.39, 0.29) is 13.2 Å². The van der Waals surface area contributed by atoms with E-state index in [1.165, 1.54) is 0 Å². The summed E-state index contributed by atoms with van der Waals surface area (Å²) in [6, 6.07) is 15.0. The van der Waals surface area contributed by atoms with Crippen LogP contribution in [-0.4, -0.2) is 36.7 Å². The average molecular weight is 435 g/mol. The van der Waals surface area contributed by atoms with Crippen molar-refractivity contribution < 1.29 is 19.1 Å². The van der Waals surface area contributed by atoms with Crippen molar-refractivity contribution in [2.75, 3.05) is 23.8 Å². The number of esters is 2. The minimum atomic E-state index is -1.27. The van der Waals surface area contributed by atoms with Crippen molar-refractivity contribution in [3.63, 3.8) is 0 Å². The molecule has 6 heteroatoms. The molecular weight excluding hydrogens is 404 g/mol. The molecule has 2 aromatic carbocycles. The van der Waals surface area contributed by atoms with Crippen molar-refractivity contribution in [1.82, 2.24) is 0 Å². The molecule has 0 saturated carbocycles. The average Bonchev–Trinajstić information content (AvgIpc) is 2.78. The van der Waals surface area contributed by atoms with Gasteiger partial charge in [-0.15, -0.1) is 0 Å². The van der Waals surface area contributed by atoms with Crippen LogP contribution in [0, 0.1) is 13.8 Å². The summed E-state index contributed by atoms with van der Waals surface area (Å²) < 4.78 is 10.7. The highest BCUT2D eigenvalue weighted by molar-refractivity contribution is 5.96. The Balaban J connectivity index is 2.06. The lowest BCUT2D eigenvalue weighted by Crippen LogP contribution is -2.58. The predicted octanol–water partition coefficient (Wildman–Crippen LogP) is 4.56. The Kier molecular flexibility index (Phi) is 7.36. The van der Waals surface area contributed by atoms with Crippen molar-refractivity contribution in [3.05, 3.63) is 83.5 Å². The molecular formula is C26H30N2O4. The molecule has 2 aromatic rings. The summed E-state index contributed by atoms with van der Waals surface area (Å²) in [6.45, 7) is 8.04. The van der Waals surface area contributed by atoms with Gasteiger partial charge in [0.25, 0.3) is 0 Å². The van der Waals surface area contributed by atoms with Gasteiger partial charge in [-0.2, -0.15) is 0 Å². The fourth-order valence-corrected chi connectivity index (χ4v) is 3.52. The Morgan fingerprint density at radius 3 is 2.00 bits per heavy atom. The van der Waals surface area contributed by atoms with Crippen LogP contribution in [0.4, 0.5) is 11.4 Å². The van der Waals surface area contributed by atoms with Gasteiger partial charge in [0.2, 0.25) is 0 Å². The maximum Gasteiger partial charge on any atom is 0.338 e. The summed E-state index contributed by atoms with van der Waals surface area (Å²) >= 11 is 0. The van der Waals surface area contributed by atoms with E-state index in [1.807, 2.05) is 62.4 Å². The fourth-order valence-electron chi connectivity index (χ4n) is 3.52. The SMILES string of the molecule is CCOC(=O)C1=CC(Nc2ccc(C)cc2)C(Nc2ccc(C)cc2)(C(=O)OCC)C=C1. The highest BCUT2D eigenvalue weighted by atomic mass is 16.5. The number of anilines is 2. The Bertz CT molecular complexity index is 1010. The van der Waals surface area contributed by atoms with Crippen molar-refractivity contribution in [1.29, 1.82) is 0 Å². The Morgan fingerprint density at radius 2 is 1.44 bits per heavy atom. The van der Waals surface area contributed by atoms with Crippen LogP contribution in [-0.2, 0) is 19.1 Å². The molecule has 1 aliphatic rings. The Labute approximate surface area is 189 Å². The molecule has 32 heavy (non-hydrogen) atoms. The molecule has 0 saturated heterocycles. The minimum Gasteiger partial charge on any atom is -0.464 e. The zero-order valence-electron chi connectivity index (χ0n) is 19.0. The van der Waals surface area contributed by atoms with Gasteiger partial charge in [-0.25, -0.2) is 9.59 Å². The van der Waals surface area contributed by atoms with Gasteiger partial charge < -0.3 is 20.1 Å². The number of aryl methyl sites for hydroxylation is 2. The van der Waals surface area contributed by atoms with Crippen LogP contribution in [0.5, 0.6) is 0 Å². The van der Waals surface area contributed by atoms with Crippen molar-refractivity contribution in [3.8, 4) is 0 Å². The van der Waals surface area contributed by atoms with E-state index in [4.69, 9.17) is 9.47 Å². The summed E-state index contributed by atoms with van der Waals surface area (Å²) in [5, 5.41) is 6.76. The third-order valence-electron chi connectivity index (χ3n) is 5.26. The van der Waals surface area contributed by atoms with Gasteiger partial charge >= 0.3 is 11.9 Å². The zero-order valence-corrected chi connectivity index (χ0v) is 19.0. The monoisotopic (exact) mass is 434 g/mol. The number of hydrogen-bond donors (Lipinski definition) is 2. The van der Waals surface area contributed by atoms with Gasteiger partial charge in [-0.1, -0.05) is 35.4 Å². The molecule has 0 aliphatic heterocycles. The summed E-state index contributed by atoms with van der Waals surface area (Å²) in [5.74, 6) is -0.882. The van der Waals surface area contributed by atoms with E-state index in [0.717, 1.165) is 22.5 Å². The lowest BCUT2D eigenvalue weighted by atomic mass is 9.83. The number of hydrogen-bond acceptors (Lipinski definition) is 6. The number of nitrogens with one attached hydrogen (secondary N) is 2. The second-order valence-electron chi connectivity index (χ2n) is 7.74. The summed E-state index contributed by atoms with van der Waals surface area (Å²) in [4.78, 5) is 25.8. The summed E-state index contributed by atoms with van der Waals surface area (Å²) in [6.07, 6.45) is 5.02. The van der Waals surface area contributed by atoms with Crippen molar-refractivity contribution in [2.24, 2.45) is 0 Å². The maximum atomic E-state index is 13.3. The molecule has 1 aliphatic carbocycles. The van der Waals surface area contributed by atoms with Crippen LogP contribution < -0.4 is 10.6 Å². The van der Waals surface area contributed by atoms with Crippen LogP contribution >= 0.6 is 0 Å². The van der Waals surface area contributed by atoms with Crippen LogP contribution in [0.3, 0.4) is 0 Å². The normalized spacial score (nSPS) is 19.6. The minimum absolute atomic E-state index is 0.232. The summed E-state index contributed by atoms with van der Waals surface area (Å²) in [5.41, 5.74) is 2.91. The van der Waals surface area contributed by atoms with E-state index in [1.54, 1.807) is 32.1 Å². The fraction of sp³-hybridized carbons (Fsp3) is 0.308. The number of rotatable bonds is 8. The molecule has 2 unspecified atom stereocenters. The van der Waals surface area contributed by atoms with Gasteiger partial charge in [0.15, 0.2) is 5.54 Å². The van der Waals surface area contributed by atoms with Crippen molar-refractivity contribution in [2.45, 2.75) is 39.3 Å². The zero-order chi connectivity index (χ0) is 23.1. The van der Waals surface area contributed by atoms with E-state index < -0.39 is 23.5 Å². The standard InChI is InChI=1S/C26H30N2O4/c1-5-31-24(29)20-15-16-26(25(30)32-6-2,28-22-13-9-19(4)10-14-22)23(17-20)27-21-11-7-18(3)8-12-21/h7-17,23,27-28H,5-6H2,1-4H3. The van der Waals surface area contributed by atoms with Crippen molar-refractivity contribution >= 4 is 23.3 Å². The van der Waals surface area contributed by atoms with E-state index in [2.05, 4.69) is 10.6 Å². The molecule has 0 heterocycles. The second kappa shape index (κ2) is 10.2. The number of carbonyl (C=O) groups excluding carboxylic acids is 2. The molecule has 168 valence electrons. The van der Waals surface area contributed by atoms with Crippen LogP contribution in [0.1, 0.15) is 25.0 Å². The molecule has 6 nitrogen and oxygen atoms in total. The molecule has 0 fully saturated rings. The van der Waals surface area contributed by atoms with Gasteiger partial charge in [-0.05, 0) is 70.2 Å². The number of carbonyl (C=O) groups is 2. The highest BCUT2D eigenvalue weighted by Crippen LogP contribution is 2.31. The molecule has 3 rings (SSSR count). The molecule has 2 N–H and O–H groups in total. The maximum absolute atomic E-state index is 13.3. The van der Waals surface area contributed by atoms with E-state index in [0.29, 0.717) is 5.57 Å². The quantitative estimate of drug-likeness (QED) is 0.594. The van der Waals surface area contributed by atoms with Crippen LogP contribution in [0.15, 0.2) is 72.3 Å². The largest absolute Gasteiger partial charge is 0.464 e. The van der Waals surface area contributed by atoms with Gasteiger partial charge in [0.05, 0.1) is 24.8 Å². The smallest absolute Gasteiger partial charge is 0.338 e. The van der Waals surface area contributed by atoms with Crippen LogP contribution in [0.25, 0.3) is 0 Å². The predicted molar refractivity (Wildman–Crippen MR) is 127 cm³/mol. The first-order chi connectivity index (χ1) is 15.4. The summed E-state index contributed by atoms with van der Waals surface area (Å²) in [7, 11) is 0. The van der Waals surface area contributed by atoms with E-state index >= 15 is 0 Å². The lowest BCUT2D eigenvalue weighted by Gasteiger charge is -2.39. The third-order valence-corrected chi connectivity index (χ3v) is 5.26. The number of benzene rings is 2. The first-order valence-electron chi connectivity index (χ1n) is 10.8. The number of ether oxygens (including phenoxy) is 2. The molecule has 0 spiro atoms. The van der Waals surface area contributed by atoms with Crippen LogP contribution in [0.2, 0.25) is 0 Å². The molecule has 0 aromatic heterocycles. The molecule has 0 bridgehead atoms. The van der Waals surface area contributed by atoms with Gasteiger partial charge in [0, 0.05) is 11.4 Å². The second-order valence-corrected chi connectivity index (χ2v) is 7.74. The first-order valence-corrected chi connectivity index (χ1v) is 10.8. The first kappa shape index (κ1) is 23.1. The lowest BCUT2D eigenvalue weighted by molar-refractivity contribution is -0.147. The third kappa shape index (κ3) is 5.19. The molecule has 0 amide bonds. The Morgan fingerprint density at radius 1 is 0.875 bits per heavy atom. The van der Waals surface area contributed by atoms with Gasteiger partial charge in [0.1, 0.15) is 0 Å². The molecule has 0 radical (unpaired) electrons. The highest BCUT2D eigenvalue weighted by Gasteiger charge is 2.47.